The van der Waals surface area contributed by atoms with Gasteiger partial charge >= 0.3 is 0 Å². The molecule has 0 fully saturated rings. The standard InChI is InChI=1S/C35H31N5O2/c1-3-41-31-14-10-29(11-15-31)40(30-12-16-32(17-13-30)42-4-2)28-8-5-26(6-9-28)35-38-33-18-7-27(23-34(33)39-35)37-24-25-19-21-36-22-20-25/h5-24H,3-4H2,1-2H3,(H,38,39). The highest BCUT2D eigenvalue weighted by atomic mass is 16.5. The number of imidazole rings is 1. The van der Waals surface area contributed by atoms with Crippen molar-refractivity contribution in [3.8, 4) is 22.9 Å². The summed E-state index contributed by atoms with van der Waals surface area (Å²) < 4.78 is 11.3. The minimum absolute atomic E-state index is 0.630. The second kappa shape index (κ2) is 12.4. The molecule has 4 aromatic carbocycles. The van der Waals surface area contributed by atoms with Crippen LogP contribution in [0.15, 0.2) is 121 Å². The molecule has 0 saturated heterocycles. The number of ether oxygens (including phenoxy) is 2. The second-order valence-corrected chi connectivity index (χ2v) is 9.56. The summed E-state index contributed by atoms with van der Waals surface area (Å²) in [5, 5.41) is 0. The number of aliphatic imine (C=N–C) groups is 1. The van der Waals surface area contributed by atoms with Crippen LogP contribution in [0.4, 0.5) is 22.7 Å². The first-order valence-corrected chi connectivity index (χ1v) is 14.0. The molecule has 2 aromatic heterocycles. The Morgan fingerprint density at radius 1 is 0.714 bits per heavy atom. The SMILES string of the molecule is CCOc1ccc(N(c2ccc(OCC)cc2)c2ccc(-c3nc4cc(N=Cc5ccncc5)ccc4[nH]3)cc2)cc1. The van der Waals surface area contributed by atoms with Crippen LogP contribution in [-0.2, 0) is 0 Å². The van der Waals surface area contributed by atoms with E-state index in [1.165, 1.54) is 0 Å². The highest BCUT2D eigenvalue weighted by Gasteiger charge is 2.14. The van der Waals surface area contributed by atoms with E-state index < -0.39 is 0 Å². The number of nitrogens with one attached hydrogen (secondary N) is 1. The van der Waals surface area contributed by atoms with Gasteiger partial charge in [0.15, 0.2) is 0 Å². The summed E-state index contributed by atoms with van der Waals surface area (Å²) in [6.07, 6.45) is 5.34. The van der Waals surface area contributed by atoms with Gasteiger partial charge in [-0.25, -0.2) is 4.98 Å². The molecule has 0 spiro atoms. The number of H-pyrrole nitrogens is 1. The van der Waals surface area contributed by atoms with Crippen molar-refractivity contribution in [1.82, 2.24) is 15.0 Å². The van der Waals surface area contributed by atoms with Gasteiger partial charge in [0, 0.05) is 41.2 Å². The molecule has 1 N–H and O–H groups in total. The van der Waals surface area contributed by atoms with Gasteiger partial charge in [-0.1, -0.05) is 0 Å². The topological polar surface area (TPSA) is 75.6 Å². The Kier molecular flexibility index (Phi) is 7.90. The normalized spacial score (nSPS) is 11.2. The highest BCUT2D eigenvalue weighted by Crippen LogP contribution is 2.37. The zero-order chi connectivity index (χ0) is 28.7. The van der Waals surface area contributed by atoms with E-state index in [-0.39, 0.29) is 0 Å². The van der Waals surface area contributed by atoms with Crippen molar-refractivity contribution in [3.05, 3.63) is 121 Å². The number of benzene rings is 4. The Hall–Kier alpha value is -5.43. The van der Waals surface area contributed by atoms with E-state index in [0.29, 0.717) is 13.2 Å². The molecule has 2 heterocycles. The number of hydrogen-bond donors (Lipinski definition) is 1. The van der Waals surface area contributed by atoms with Gasteiger partial charge in [-0.15, -0.1) is 0 Å². The van der Waals surface area contributed by atoms with Crippen LogP contribution in [0.25, 0.3) is 22.4 Å². The molecule has 0 atom stereocenters. The molecule has 6 rings (SSSR count). The van der Waals surface area contributed by atoms with Gasteiger partial charge < -0.3 is 19.4 Å². The molecule has 0 aliphatic carbocycles. The Labute approximate surface area is 245 Å². The summed E-state index contributed by atoms with van der Waals surface area (Å²) in [6.45, 7) is 5.23. The lowest BCUT2D eigenvalue weighted by Crippen LogP contribution is -2.10. The molecule has 6 aromatic rings. The van der Waals surface area contributed by atoms with Crippen molar-refractivity contribution in [2.75, 3.05) is 18.1 Å². The van der Waals surface area contributed by atoms with Crippen LogP contribution >= 0.6 is 0 Å². The van der Waals surface area contributed by atoms with Crippen molar-refractivity contribution in [3.63, 3.8) is 0 Å². The van der Waals surface area contributed by atoms with E-state index in [1.807, 2.05) is 74.7 Å². The number of anilines is 3. The first kappa shape index (κ1) is 26.8. The summed E-state index contributed by atoms with van der Waals surface area (Å²) in [7, 11) is 0. The maximum absolute atomic E-state index is 5.67. The fourth-order valence-corrected chi connectivity index (χ4v) is 4.74. The van der Waals surface area contributed by atoms with Crippen molar-refractivity contribution in [1.29, 1.82) is 0 Å². The lowest BCUT2D eigenvalue weighted by molar-refractivity contribution is 0.340. The van der Waals surface area contributed by atoms with Crippen LogP contribution in [0.1, 0.15) is 19.4 Å². The molecule has 0 saturated carbocycles. The minimum atomic E-state index is 0.630. The molecule has 0 unspecified atom stereocenters. The number of aromatic nitrogens is 3. The maximum atomic E-state index is 5.67. The largest absolute Gasteiger partial charge is 0.494 e. The van der Waals surface area contributed by atoms with Crippen LogP contribution in [-0.4, -0.2) is 34.4 Å². The van der Waals surface area contributed by atoms with Crippen molar-refractivity contribution in [2.45, 2.75) is 13.8 Å². The number of pyridine rings is 1. The van der Waals surface area contributed by atoms with Gasteiger partial charge in [0.1, 0.15) is 17.3 Å². The average molecular weight is 554 g/mol. The number of rotatable bonds is 10. The predicted molar refractivity (Wildman–Crippen MR) is 170 cm³/mol. The zero-order valence-corrected chi connectivity index (χ0v) is 23.6. The smallest absolute Gasteiger partial charge is 0.138 e. The predicted octanol–water partition coefficient (Wildman–Crippen LogP) is 8.64. The molecular weight excluding hydrogens is 522 g/mol. The van der Waals surface area contributed by atoms with Crippen molar-refractivity contribution >= 4 is 40.0 Å². The Morgan fingerprint density at radius 3 is 1.86 bits per heavy atom. The number of fused-ring (bicyclic) bond motifs is 1. The molecule has 7 nitrogen and oxygen atoms in total. The summed E-state index contributed by atoms with van der Waals surface area (Å²) in [5.74, 6) is 2.50. The summed E-state index contributed by atoms with van der Waals surface area (Å²) in [5.41, 5.74) is 7.74. The van der Waals surface area contributed by atoms with Gasteiger partial charge in [-0.05, 0) is 123 Å². The summed E-state index contributed by atoms with van der Waals surface area (Å²) in [4.78, 5) is 19.2. The average Bonchev–Trinajstić information content (AvgIpc) is 3.47. The van der Waals surface area contributed by atoms with E-state index in [0.717, 1.165) is 62.2 Å². The van der Waals surface area contributed by atoms with Crippen LogP contribution in [0.3, 0.4) is 0 Å². The molecule has 7 heteroatoms. The third-order valence-electron chi connectivity index (χ3n) is 6.75. The lowest BCUT2D eigenvalue weighted by Gasteiger charge is -2.26. The molecule has 0 amide bonds. The van der Waals surface area contributed by atoms with E-state index in [4.69, 9.17) is 14.5 Å². The monoisotopic (exact) mass is 553 g/mol. The molecular formula is C35H31N5O2. The van der Waals surface area contributed by atoms with E-state index in [9.17, 15) is 0 Å². The van der Waals surface area contributed by atoms with Gasteiger partial charge in [0.05, 0.1) is 29.9 Å². The third-order valence-corrected chi connectivity index (χ3v) is 6.75. The first-order valence-electron chi connectivity index (χ1n) is 14.0. The minimum Gasteiger partial charge on any atom is -0.494 e. The number of aromatic amines is 1. The fourth-order valence-electron chi connectivity index (χ4n) is 4.74. The molecule has 0 bridgehead atoms. The van der Waals surface area contributed by atoms with E-state index in [1.54, 1.807) is 12.4 Å². The van der Waals surface area contributed by atoms with Gasteiger partial charge in [0.25, 0.3) is 0 Å². The molecule has 0 aliphatic rings. The van der Waals surface area contributed by atoms with Crippen molar-refractivity contribution < 1.29 is 9.47 Å². The second-order valence-electron chi connectivity index (χ2n) is 9.56. The number of hydrogen-bond acceptors (Lipinski definition) is 6. The Morgan fingerprint density at radius 2 is 1.29 bits per heavy atom. The Balaban J connectivity index is 1.29. The molecule has 0 aliphatic heterocycles. The highest BCUT2D eigenvalue weighted by molar-refractivity contribution is 5.86. The van der Waals surface area contributed by atoms with Gasteiger partial charge in [0.2, 0.25) is 0 Å². The van der Waals surface area contributed by atoms with Crippen LogP contribution < -0.4 is 14.4 Å². The lowest BCUT2D eigenvalue weighted by atomic mass is 10.1. The van der Waals surface area contributed by atoms with Crippen molar-refractivity contribution in [2.24, 2.45) is 4.99 Å². The summed E-state index contributed by atoms with van der Waals surface area (Å²) >= 11 is 0. The molecule has 42 heavy (non-hydrogen) atoms. The van der Waals surface area contributed by atoms with Crippen LogP contribution in [0, 0.1) is 0 Å². The van der Waals surface area contributed by atoms with Gasteiger partial charge in [-0.2, -0.15) is 0 Å². The van der Waals surface area contributed by atoms with E-state index >= 15 is 0 Å². The van der Waals surface area contributed by atoms with Crippen LogP contribution in [0.5, 0.6) is 11.5 Å². The van der Waals surface area contributed by atoms with E-state index in [2.05, 4.69) is 68.4 Å². The first-order chi connectivity index (χ1) is 20.7. The van der Waals surface area contributed by atoms with Crippen LogP contribution in [0.2, 0.25) is 0 Å². The maximum Gasteiger partial charge on any atom is 0.138 e. The molecule has 0 radical (unpaired) electrons. The summed E-state index contributed by atoms with van der Waals surface area (Å²) in [6, 6.07) is 34.5. The number of nitrogens with zero attached hydrogens (tertiary/aromatic N) is 4. The molecule has 208 valence electrons. The van der Waals surface area contributed by atoms with Gasteiger partial charge in [-0.3, -0.25) is 9.98 Å². The fraction of sp³-hybridized carbons (Fsp3) is 0.114. The quantitative estimate of drug-likeness (QED) is 0.172. The zero-order valence-electron chi connectivity index (χ0n) is 23.6. The third kappa shape index (κ3) is 6.00. The Bertz CT molecular complexity index is 1730.